The Morgan fingerprint density at radius 3 is 2.26 bits per heavy atom. The number of rotatable bonds is 1. The molecule has 0 aliphatic heterocycles. The quantitative estimate of drug-likeness (QED) is 0.818. The average molecular weight is 307 g/mol. The summed E-state index contributed by atoms with van der Waals surface area (Å²) in [4.78, 5) is 13.7. The maximum atomic E-state index is 12.5. The second-order valence-electron chi connectivity index (χ2n) is 3.64. The van der Waals surface area contributed by atoms with Crippen LogP contribution in [0.3, 0.4) is 0 Å². The molecule has 1 N–H and O–H groups in total. The van der Waals surface area contributed by atoms with Crippen molar-refractivity contribution in [3.63, 3.8) is 0 Å². The Labute approximate surface area is 115 Å². The van der Waals surface area contributed by atoms with Crippen LogP contribution in [0.15, 0.2) is 35.1 Å². The van der Waals surface area contributed by atoms with Crippen molar-refractivity contribution in [2.75, 3.05) is 0 Å². The van der Waals surface area contributed by atoms with Crippen molar-refractivity contribution < 1.29 is 13.2 Å². The molecule has 0 saturated carbocycles. The lowest BCUT2D eigenvalue weighted by Crippen LogP contribution is -2.23. The van der Waals surface area contributed by atoms with Gasteiger partial charge in [0.05, 0.1) is 5.69 Å². The molecule has 0 aliphatic rings. The molecule has 3 nitrogen and oxygen atoms in total. The molecule has 19 heavy (non-hydrogen) atoms. The molecule has 0 spiro atoms. The summed E-state index contributed by atoms with van der Waals surface area (Å²) in [7, 11) is 0. The van der Waals surface area contributed by atoms with Crippen LogP contribution in [0.25, 0.3) is 5.69 Å². The molecular formula is C11H6ClF3N2OS. The summed E-state index contributed by atoms with van der Waals surface area (Å²) in [5.41, 5.74) is -1.70. The molecule has 100 valence electrons. The molecule has 0 aliphatic carbocycles. The number of benzene rings is 1. The highest BCUT2D eigenvalue weighted by Gasteiger charge is 2.32. The molecule has 0 fully saturated rings. The maximum absolute atomic E-state index is 12.5. The van der Waals surface area contributed by atoms with E-state index in [1.807, 2.05) is 4.98 Å². The molecule has 1 aromatic carbocycles. The van der Waals surface area contributed by atoms with Crippen molar-refractivity contribution in [3.8, 4) is 5.69 Å². The van der Waals surface area contributed by atoms with Gasteiger partial charge >= 0.3 is 6.18 Å². The van der Waals surface area contributed by atoms with Crippen molar-refractivity contribution in [1.29, 1.82) is 0 Å². The van der Waals surface area contributed by atoms with Crippen LogP contribution in [-0.4, -0.2) is 9.55 Å². The van der Waals surface area contributed by atoms with Crippen LogP contribution < -0.4 is 5.56 Å². The Bertz CT molecular complexity index is 687. The molecule has 0 radical (unpaired) electrons. The summed E-state index contributed by atoms with van der Waals surface area (Å²) in [6.45, 7) is 0. The highest BCUT2D eigenvalue weighted by molar-refractivity contribution is 7.71. The second-order valence-corrected chi connectivity index (χ2v) is 4.46. The van der Waals surface area contributed by atoms with Gasteiger partial charge in [0.25, 0.3) is 5.56 Å². The zero-order valence-electron chi connectivity index (χ0n) is 9.16. The van der Waals surface area contributed by atoms with Crippen LogP contribution in [-0.2, 0) is 6.18 Å². The lowest BCUT2D eigenvalue weighted by Gasteiger charge is -2.10. The molecule has 0 unspecified atom stereocenters. The summed E-state index contributed by atoms with van der Waals surface area (Å²) in [5, 5.41) is 0.443. The fourth-order valence-electron chi connectivity index (χ4n) is 1.48. The predicted octanol–water partition coefficient (Wildman–Crippen LogP) is 3.57. The number of halogens is 4. The molecule has 0 atom stereocenters. The average Bonchev–Trinajstić information content (AvgIpc) is 2.29. The molecule has 0 saturated heterocycles. The highest BCUT2D eigenvalue weighted by Crippen LogP contribution is 2.26. The lowest BCUT2D eigenvalue weighted by molar-refractivity contribution is -0.141. The minimum Gasteiger partial charge on any atom is -0.328 e. The lowest BCUT2D eigenvalue weighted by atomic mass is 10.3. The zero-order chi connectivity index (χ0) is 14.2. The third kappa shape index (κ3) is 2.87. The minimum atomic E-state index is -4.65. The van der Waals surface area contributed by atoms with E-state index in [1.165, 1.54) is 24.3 Å². The van der Waals surface area contributed by atoms with Crippen LogP contribution in [0.1, 0.15) is 5.69 Å². The van der Waals surface area contributed by atoms with Crippen LogP contribution in [0.4, 0.5) is 13.2 Å². The fourth-order valence-corrected chi connectivity index (χ4v) is 1.91. The Balaban J connectivity index is 2.64. The number of nitrogens with one attached hydrogen (secondary N) is 1. The minimum absolute atomic E-state index is 0.331. The van der Waals surface area contributed by atoms with Crippen LogP contribution >= 0.6 is 23.8 Å². The van der Waals surface area contributed by atoms with Gasteiger partial charge in [0.1, 0.15) is 5.69 Å². The SMILES string of the molecule is O=c1cc(C(F)(F)F)[nH]c(=S)n1-c1ccc(Cl)cc1. The van der Waals surface area contributed by atoms with Gasteiger partial charge in [-0.15, -0.1) is 0 Å². The molecule has 2 rings (SSSR count). The number of nitrogens with zero attached hydrogens (tertiary/aromatic N) is 1. The molecular weight excluding hydrogens is 301 g/mol. The Kier molecular flexibility index (Phi) is 3.51. The maximum Gasteiger partial charge on any atom is 0.431 e. The van der Waals surface area contributed by atoms with Gasteiger partial charge in [-0.05, 0) is 36.5 Å². The standard InChI is InChI=1S/C11H6ClF3N2OS/c12-6-1-3-7(4-2-6)17-9(18)5-8(11(13,14)15)16-10(17)19/h1-5H,(H,16,19). The number of H-pyrrole nitrogens is 1. The second kappa shape index (κ2) is 4.82. The van der Waals surface area contributed by atoms with Crippen molar-refractivity contribution in [2.24, 2.45) is 0 Å². The number of hydrogen-bond donors (Lipinski definition) is 1. The van der Waals surface area contributed by atoms with Crippen molar-refractivity contribution in [1.82, 2.24) is 9.55 Å². The van der Waals surface area contributed by atoms with Crippen LogP contribution in [0, 0.1) is 4.77 Å². The van der Waals surface area contributed by atoms with Crippen molar-refractivity contribution >= 4 is 23.8 Å². The Hall–Kier alpha value is -1.60. The van der Waals surface area contributed by atoms with Gasteiger partial charge < -0.3 is 4.98 Å². The van der Waals surface area contributed by atoms with Crippen LogP contribution in [0.5, 0.6) is 0 Å². The summed E-state index contributed by atoms with van der Waals surface area (Å²) in [5.74, 6) is 0. The molecule has 1 aromatic heterocycles. The fraction of sp³-hybridized carbons (Fsp3) is 0.0909. The van der Waals surface area contributed by atoms with Crippen LogP contribution in [0.2, 0.25) is 5.02 Å². The van der Waals surface area contributed by atoms with Gasteiger partial charge in [-0.25, -0.2) is 0 Å². The van der Waals surface area contributed by atoms with Crippen molar-refractivity contribution in [2.45, 2.75) is 6.18 Å². The van der Waals surface area contributed by atoms with Gasteiger partial charge in [-0.2, -0.15) is 13.2 Å². The van der Waals surface area contributed by atoms with Gasteiger partial charge in [-0.1, -0.05) is 11.6 Å². The number of aromatic nitrogens is 2. The largest absolute Gasteiger partial charge is 0.431 e. The van der Waals surface area contributed by atoms with Gasteiger partial charge in [0.15, 0.2) is 4.77 Å². The first-order valence-electron chi connectivity index (χ1n) is 4.98. The number of alkyl halides is 3. The topological polar surface area (TPSA) is 37.8 Å². The molecule has 0 amide bonds. The molecule has 8 heteroatoms. The smallest absolute Gasteiger partial charge is 0.328 e. The first-order valence-corrected chi connectivity index (χ1v) is 5.77. The molecule has 0 bridgehead atoms. The predicted molar refractivity (Wildman–Crippen MR) is 67.2 cm³/mol. The van der Waals surface area contributed by atoms with Gasteiger partial charge in [0.2, 0.25) is 0 Å². The Morgan fingerprint density at radius 1 is 1.21 bits per heavy atom. The van der Waals surface area contributed by atoms with E-state index in [2.05, 4.69) is 0 Å². The highest BCUT2D eigenvalue weighted by atomic mass is 35.5. The first kappa shape index (κ1) is 13.8. The van der Waals surface area contributed by atoms with E-state index in [4.69, 9.17) is 23.8 Å². The third-order valence-electron chi connectivity index (χ3n) is 2.32. The Morgan fingerprint density at radius 2 is 1.79 bits per heavy atom. The van der Waals surface area contributed by atoms with Crippen molar-refractivity contribution in [3.05, 3.63) is 56.2 Å². The van der Waals surface area contributed by atoms with E-state index in [-0.39, 0.29) is 4.77 Å². The van der Waals surface area contributed by atoms with Gasteiger partial charge in [0, 0.05) is 11.1 Å². The summed E-state index contributed by atoms with van der Waals surface area (Å²) in [6, 6.07) is 6.46. The summed E-state index contributed by atoms with van der Waals surface area (Å²) < 4.78 is 38.1. The summed E-state index contributed by atoms with van der Waals surface area (Å²) in [6.07, 6.45) is -4.65. The van der Waals surface area contributed by atoms with E-state index in [1.54, 1.807) is 0 Å². The molecule has 2 aromatic rings. The van der Waals surface area contributed by atoms with E-state index < -0.39 is 17.4 Å². The number of aromatic amines is 1. The van der Waals surface area contributed by atoms with E-state index in [9.17, 15) is 18.0 Å². The first-order chi connectivity index (χ1) is 8.79. The zero-order valence-corrected chi connectivity index (χ0v) is 10.7. The van der Waals surface area contributed by atoms with E-state index in [0.717, 1.165) is 4.57 Å². The monoisotopic (exact) mass is 306 g/mol. The normalized spacial score (nSPS) is 11.6. The molecule has 1 heterocycles. The third-order valence-corrected chi connectivity index (χ3v) is 2.86. The van der Waals surface area contributed by atoms with E-state index >= 15 is 0 Å². The van der Waals surface area contributed by atoms with E-state index in [0.29, 0.717) is 16.8 Å². The number of hydrogen-bond acceptors (Lipinski definition) is 2. The van der Waals surface area contributed by atoms with Gasteiger partial charge in [-0.3, -0.25) is 9.36 Å². The summed E-state index contributed by atoms with van der Waals surface area (Å²) >= 11 is 10.5.